The molecule has 5 atom stereocenters. The van der Waals surface area contributed by atoms with E-state index in [9.17, 15) is 33.9 Å². The number of amides is 3. The number of rotatable bonds is 16. The molecule has 0 radical (unpaired) electrons. The van der Waals surface area contributed by atoms with Crippen molar-refractivity contribution in [3.63, 3.8) is 0 Å². The lowest BCUT2D eigenvalue weighted by atomic mass is 9.96. The number of hydrogen-bond donors (Lipinski definition) is 7. The monoisotopic (exact) mass is 488 g/mol. The van der Waals surface area contributed by atoms with Crippen LogP contribution in [0.5, 0.6) is 0 Å². The zero-order valence-electron chi connectivity index (χ0n) is 19.9. The fourth-order valence-corrected chi connectivity index (χ4v) is 3.00. The van der Waals surface area contributed by atoms with E-state index in [0.717, 1.165) is 0 Å². The van der Waals surface area contributed by atoms with Crippen molar-refractivity contribution in [1.29, 1.82) is 0 Å². The van der Waals surface area contributed by atoms with Crippen molar-refractivity contribution in [3.8, 4) is 0 Å². The van der Waals surface area contributed by atoms with Gasteiger partial charge in [-0.2, -0.15) is 0 Å². The van der Waals surface area contributed by atoms with Crippen molar-refractivity contribution in [2.45, 2.75) is 84.0 Å². The first-order chi connectivity index (χ1) is 15.7. The predicted octanol–water partition coefficient (Wildman–Crippen LogP) is -0.716. The van der Waals surface area contributed by atoms with Gasteiger partial charge in [-0.25, -0.2) is 4.79 Å². The van der Waals surface area contributed by atoms with Crippen LogP contribution < -0.4 is 21.7 Å². The standard InChI is InChI=1S/C21H36N4O9/c1-5-11(4)17(25-18(30)12(22)9-16(28)29)20(32)24-14(8-10(2)3)19(31)23-13(21(33)34)6-7-15(26)27/h10-14,17H,5-9,22H2,1-4H3,(H,23,31)(H,24,32)(H,25,30)(H,26,27)(H,28,29)(H,33,34). The summed E-state index contributed by atoms with van der Waals surface area (Å²) in [5, 5.41) is 34.1. The normalized spacial score (nSPS) is 15.4. The summed E-state index contributed by atoms with van der Waals surface area (Å²) in [5.74, 6) is -6.77. The lowest BCUT2D eigenvalue weighted by molar-refractivity contribution is -0.143. The minimum atomic E-state index is -1.46. The average Bonchev–Trinajstić information content (AvgIpc) is 2.72. The van der Waals surface area contributed by atoms with Gasteiger partial charge in [-0.1, -0.05) is 34.1 Å². The molecule has 0 bridgehead atoms. The van der Waals surface area contributed by atoms with Crippen molar-refractivity contribution in [3.05, 3.63) is 0 Å². The van der Waals surface area contributed by atoms with E-state index < -0.39 is 78.6 Å². The molecule has 13 heteroatoms. The van der Waals surface area contributed by atoms with E-state index in [4.69, 9.17) is 15.9 Å². The molecule has 0 aromatic heterocycles. The number of carboxylic acids is 3. The van der Waals surface area contributed by atoms with Gasteiger partial charge in [0.25, 0.3) is 0 Å². The molecule has 0 fully saturated rings. The largest absolute Gasteiger partial charge is 0.481 e. The summed E-state index contributed by atoms with van der Waals surface area (Å²) >= 11 is 0. The van der Waals surface area contributed by atoms with E-state index >= 15 is 0 Å². The lowest BCUT2D eigenvalue weighted by Gasteiger charge is -2.28. The summed E-state index contributed by atoms with van der Waals surface area (Å²) < 4.78 is 0. The Morgan fingerprint density at radius 2 is 1.35 bits per heavy atom. The molecule has 0 saturated heterocycles. The third-order valence-corrected chi connectivity index (χ3v) is 5.13. The first kappa shape index (κ1) is 30.8. The molecular formula is C21H36N4O9. The fourth-order valence-electron chi connectivity index (χ4n) is 3.00. The second kappa shape index (κ2) is 14.8. The Kier molecular flexibility index (Phi) is 13.4. The number of aliphatic carboxylic acids is 3. The minimum Gasteiger partial charge on any atom is -0.481 e. The molecule has 0 aliphatic carbocycles. The second-order valence-corrected chi connectivity index (χ2v) is 8.60. The summed E-state index contributed by atoms with van der Waals surface area (Å²) in [6, 6.07) is -5.12. The number of carboxylic acid groups (broad SMARTS) is 3. The molecule has 0 aromatic rings. The number of nitrogens with one attached hydrogen (secondary N) is 3. The maximum Gasteiger partial charge on any atom is 0.326 e. The molecule has 0 aliphatic rings. The Morgan fingerprint density at radius 1 is 0.794 bits per heavy atom. The van der Waals surface area contributed by atoms with Crippen LogP contribution in [-0.4, -0.2) is 75.1 Å². The Labute approximate surface area is 197 Å². The number of nitrogens with two attached hydrogens (primary N) is 1. The van der Waals surface area contributed by atoms with Gasteiger partial charge in [0.15, 0.2) is 0 Å². The van der Waals surface area contributed by atoms with Crippen molar-refractivity contribution < 1.29 is 44.1 Å². The topological polar surface area (TPSA) is 225 Å². The molecule has 0 saturated carbocycles. The Balaban J connectivity index is 5.57. The Bertz CT molecular complexity index is 757. The van der Waals surface area contributed by atoms with Crippen molar-refractivity contribution in [1.82, 2.24) is 16.0 Å². The average molecular weight is 489 g/mol. The molecule has 0 spiro atoms. The van der Waals surface area contributed by atoms with E-state index in [1.807, 2.05) is 0 Å². The van der Waals surface area contributed by atoms with Gasteiger partial charge in [0.05, 0.1) is 12.5 Å². The summed E-state index contributed by atoms with van der Waals surface area (Å²) in [6.45, 7) is 7.01. The van der Waals surface area contributed by atoms with Gasteiger partial charge in [0.2, 0.25) is 17.7 Å². The molecule has 5 unspecified atom stereocenters. The number of carbonyl (C=O) groups excluding carboxylic acids is 3. The van der Waals surface area contributed by atoms with Crippen molar-refractivity contribution in [2.24, 2.45) is 17.6 Å². The number of hydrogen-bond acceptors (Lipinski definition) is 7. The van der Waals surface area contributed by atoms with Gasteiger partial charge >= 0.3 is 17.9 Å². The highest BCUT2D eigenvalue weighted by atomic mass is 16.4. The van der Waals surface area contributed by atoms with Gasteiger partial charge in [0, 0.05) is 6.42 Å². The highest BCUT2D eigenvalue weighted by Crippen LogP contribution is 2.12. The first-order valence-corrected chi connectivity index (χ1v) is 11.0. The van der Waals surface area contributed by atoms with Crippen LogP contribution in [0.3, 0.4) is 0 Å². The summed E-state index contributed by atoms with van der Waals surface area (Å²) in [5.41, 5.74) is 5.57. The molecule has 0 aliphatic heterocycles. The smallest absolute Gasteiger partial charge is 0.326 e. The van der Waals surface area contributed by atoms with Gasteiger partial charge in [-0.15, -0.1) is 0 Å². The van der Waals surface area contributed by atoms with Crippen molar-refractivity contribution >= 4 is 35.6 Å². The van der Waals surface area contributed by atoms with Crippen LogP contribution in [0.25, 0.3) is 0 Å². The second-order valence-electron chi connectivity index (χ2n) is 8.60. The van der Waals surface area contributed by atoms with E-state index in [1.165, 1.54) is 0 Å². The third kappa shape index (κ3) is 11.6. The van der Waals surface area contributed by atoms with Gasteiger partial charge in [0.1, 0.15) is 18.1 Å². The third-order valence-electron chi connectivity index (χ3n) is 5.13. The SMILES string of the molecule is CCC(C)C(NC(=O)C(N)CC(=O)O)C(=O)NC(CC(C)C)C(=O)NC(CCC(=O)O)C(=O)O. The van der Waals surface area contributed by atoms with E-state index in [0.29, 0.717) is 6.42 Å². The Hall–Kier alpha value is -3.22. The van der Waals surface area contributed by atoms with Crippen molar-refractivity contribution in [2.75, 3.05) is 0 Å². The molecule has 13 nitrogen and oxygen atoms in total. The van der Waals surface area contributed by atoms with Crippen LogP contribution in [0.2, 0.25) is 0 Å². The van der Waals surface area contributed by atoms with Gasteiger partial charge < -0.3 is 37.0 Å². The predicted molar refractivity (Wildman–Crippen MR) is 119 cm³/mol. The van der Waals surface area contributed by atoms with E-state index in [2.05, 4.69) is 16.0 Å². The fraction of sp³-hybridized carbons (Fsp3) is 0.714. The maximum absolute atomic E-state index is 13.0. The zero-order chi connectivity index (χ0) is 26.6. The summed E-state index contributed by atoms with van der Waals surface area (Å²) in [7, 11) is 0. The minimum absolute atomic E-state index is 0.0843. The number of carbonyl (C=O) groups is 6. The highest BCUT2D eigenvalue weighted by Gasteiger charge is 2.33. The molecule has 0 rings (SSSR count). The molecule has 8 N–H and O–H groups in total. The van der Waals surface area contributed by atoms with Crippen LogP contribution in [0.1, 0.15) is 59.8 Å². The quantitative estimate of drug-likeness (QED) is 0.144. The van der Waals surface area contributed by atoms with Crippen LogP contribution in [0, 0.1) is 11.8 Å². The first-order valence-electron chi connectivity index (χ1n) is 11.0. The molecule has 194 valence electrons. The molecule has 3 amide bonds. The summed E-state index contributed by atoms with van der Waals surface area (Å²) in [6.07, 6.45) is -0.846. The van der Waals surface area contributed by atoms with Crippen LogP contribution in [0.4, 0.5) is 0 Å². The summed E-state index contributed by atoms with van der Waals surface area (Å²) in [4.78, 5) is 71.0. The van der Waals surface area contributed by atoms with Crippen LogP contribution in [-0.2, 0) is 28.8 Å². The van der Waals surface area contributed by atoms with Gasteiger partial charge in [-0.05, 0) is 24.7 Å². The van der Waals surface area contributed by atoms with E-state index in [1.54, 1.807) is 27.7 Å². The van der Waals surface area contributed by atoms with Crippen LogP contribution in [0.15, 0.2) is 0 Å². The molecule has 0 aromatic carbocycles. The van der Waals surface area contributed by atoms with E-state index in [-0.39, 0.29) is 18.8 Å². The van der Waals surface area contributed by atoms with Crippen LogP contribution >= 0.6 is 0 Å². The molecule has 0 heterocycles. The lowest BCUT2D eigenvalue weighted by Crippen LogP contribution is -2.59. The zero-order valence-corrected chi connectivity index (χ0v) is 19.9. The highest BCUT2D eigenvalue weighted by molar-refractivity contribution is 5.94. The Morgan fingerprint density at radius 3 is 1.79 bits per heavy atom. The molecular weight excluding hydrogens is 452 g/mol. The molecule has 34 heavy (non-hydrogen) atoms. The maximum atomic E-state index is 13.0. The van der Waals surface area contributed by atoms with Gasteiger partial charge in [-0.3, -0.25) is 24.0 Å².